The number of amides is 1. The molecule has 3 heteroatoms. The van der Waals surface area contributed by atoms with Gasteiger partial charge in [-0.1, -0.05) is 19.9 Å². The van der Waals surface area contributed by atoms with Crippen LogP contribution in [0.2, 0.25) is 0 Å². The molecule has 2 unspecified atom stereocenters. The molecule has 0 radical (unpaired) electrons. The molecule has 0 aliphatic carbocycles. The van der Waals surface area contributed by atoms with Crippen LogP contribution in [-0.4, -0.2) is 23.4 Å². The number of nitrogens with two attached hydrogens (primary N) is 1. The molecule has 1 heterocycles. The Morgan fingerprint density at radius 3 is 2.94 bits per heavy atom. The van der Waals surface area contributed by atoms with Crippen molar-refractivity contribution in [1.29, 1.82) is 0 Å². The van der Waals surface area contributed by atoms with E-state index < -0.39 is 0 Å². The smallest absolute Gasteiger partial charge is 0.254 e. The van der Waals surface area contributed by atoms with Gasteiger partial charge in [-0.15, -0.1) is 0 Å². The van der Waals surface area contributed by atoms with Crippen molar-refractivity contribution in [3.05, 3.63) is 29.8 Å². The van der Waals surface area contributed by atoms with Gasteiger partial charge in [0.2, 0.25) is 0 Å². The van der Waals surface area contributed by atoms with Crippen LogP contribution < -0.4 is 5.73 Å². The zero-order valence-electron chi connectivity index (χ0n) is 10.5. The second kappa shape index (κ2) is 4.78. The largest absolute Gasteiger partial charge is 0.399 e. The highest BCUT2D eigenvalue weighted by molar-refractivity contribution is 5.95. The third-order valence-corrected chi connectivity index (χ3v) is 3.49. The van der Waals surface area contributed by atoms with E-state index in [1.54, 1.807) is 12.1 Å². The highest BCUT2D eigenvalue weighted by atomic mass is 16.2. The lowest BCUT2D eigenvalue weighted by Crippen LogP contribution is -2.35. The van der Waals surface area contributed by atoms with Crippen molar-refractivity contribution >= 4 is 11.6 Å². The van der Waals surface area contributed by atoms with Gasteiger partial charge in [-0.2, -0.15) is 0 Å². The minimum atomic E-state index is 0.119. The first-order valence-electron chi connectivity index (χ1n) is 6.28. The maximum Gasteiger partial charge on any atom is 0.254 e. The van der Waals surface area contributed by atoms with E-state index in [1.807, 2.05) is 17.0 Å². The number of benzene rings is 1. The van der Waals surface area contributed by atoms with E-state index >= 15 is 0 Å². The summed E-state index contributed by atoms with van der Waals surface area (Å²) in [5, 5.41) is 0. The van der Waals surface area contributed by atoms with Crippen molar-refractivity contribution < 1.29 is 4.79 Å². The molecule has 92 valence electrons. The fourth-order valence-electron chi connectivity index (χ4n) is 2.62. The number of rotatable bonds is 2. The Morgan fingerprint density at radius 2 is 2.29 bits per heavy atom. The number of carbonyl (C=O) groups excluding carboxylic acids is 1. The van der Waals surface area contributed by atoms with Crippen molar-refractivity contribution in [1.82, 2.24) is 4.90 Å². The van der Waals surface area contributed by atoms with Gasteiger partial charge in [0.25, 0.3) is 5.91 Å². The number of carbonyl (C=O) groups is 1. The zero-order chi connectivity index (χ0) is 12.4. The molecule has 1 saturated heterocycles. The number of anilines is 1. The van der Waals surface area contributed by atoms with E-state index in [2.05, 4.69) is 13.8 Å². The van der Waals surface area contributed by atoms with Crippen LogP contribution in [0, 0.1) is 5.92 Å². The van der Waals surface area contributed by atoms with Crippen molar-refractivity contribution in [3.8, 4) is 0 Å². The first-order valence-corrected chi connectivity index (χ1v) is 6.28. The standard InChI is InChI=1S/C14H20N2O/c1-3-13-7-10(2)9-16(13)14(17)11-5-4-6-12(15)8-11/h4-6,8,10,13H,3,7,9,15H2,1-2H3. The van der Waals surface area contributed by atoms with Crippen LogP contribution in [0.3, 0.4) is 0 Å². The fraction of sp³-hybridized carbons (Fsp3) is 0.500. The van der Waals surface area contributed by atoms with Crippen LogP contribution in [-0.2, 0) is 0 Å². The van der Waals surface area contributed by atoms with Crippen LogP contribution in [0.5, 0.6) is 0 Å². The molecule has 1 aromatic carbocycles. The van der Waals surface area contributed by atoms with Crippen molar-refractivity contribution in [3.63, 3.8) is 0 Å². The quantitative estimate of drug-likeness (QED) is 0.796. The number of hydrogen-bond acceptors (Lipinski definition) is 2. The first-order chi connectivity index (χ1) is 8.11. The van der Waals surface area contributed by atoms with Crippen LogP contribution in [0.4, 0.5) is 5.69 Å². The van der Waals surface area contributed by atoms with E-state index in [1.165, 1.54) is 0 Å². The zero-order valence-corrected chi connectivity index (χ0v) is 10.5. The van der Waals surface area contributed by atoms with Gasteiger partial charge in [0, 0.05) is 23.8 Å². The molecule has 17 heavy (non-hydrogen) atoms. The summed E-state index contributed by atoms with van der Waals surface area (Å²) < 4.78 is 0. The van der Waals surface area contributed by atoms with Gasteiger partial charge in [0.1, 0.15) is 0 Å². The van der Waals surface area contributed by atoms with Crippen LogP contribution >= 0.6 is 0 Å². The van der Waals surface area contributed by atoms with E-state index in [0.717, 1.165) is 19.4 Å². The lowest BCUT2D eigenvalue weighted by molar-refractivity contribution is 0.0730. The van der Waals surface area contributed by atoms with Crippen LogP contribution in [0.25, 0.3) is 0 Å². The molecule has 1 aromatic rings. The minimum Gasteiger partial charge on any atom is -0.399 e. The van der Waals surface area contributed by atoms with Gasteiger partial charge in [-0.3, -0.25) is 4.79 Å². The molecule has 1 amide bonds. The topological polar surface area (TPSA) is 46.3 Å². The van der Waals surface area contributed by atoms with Crippen molar-refractivity contribution in [2.45, 2.75) is 32.7 Å². The maximum atomic E-state index is 12.4. The molecule has 2 atom stereocenters. The van der Waals surface area contributed by atoms with Gasteiger partial charge in [0.05, 0.1) is 0 Å². The highest BCUT2D eigenvalue weighted by Crippen LogP contribution is 2.26. The van der Waals surface area contributed by atoms with Gasteiger partial charge >= 0.3 is 0 Å². The lowest BCUT2D eigenvalue weighted by atomic mass is 10.1. The predicted molar refractivity (Wildman–Crippen MR) is 69.8 cm³/mol. The average molecular weight is 232 g/mol. The van der Waals surface area contributed by atoms with Gasteiger partial charge in [-0.25, -0.2) is 0 Å². The fourth-order valence-corrected chi connectivity index (χ4v) is 2.62. The number of nitrogen functional groups attached to an aromatic ring is 1. The van der Waals surface area contributed by atoms with Gasteiger partial charge in [0.15, 0.2) is 0 Å². The lowest BCUT2D eigenvalue weighted by Gasteiger charge is -2.23. The molecule has 0 saturated carbocycles. The summed E-state index contributed by atoms with van der Waals surface area (Å²) >= 11 is 0. The Hall–Kier alpha value is -1.51. The van der Waals surface area contributed by atoms with Crippen LogP contribution in [0.15, 0.2) is 24.3 Å². The third kappa shape index (κ3) is 2.43. The molecule has 2 N–H and O–H groups in total. The summed E-state index contributed by atoms with van der Waals surface area (Å²) in [7, 11) is 0. The number of hydrogen-bond donors (Lipinski definition) is 1. The Labute approximate surface area is 103 Å². The number of likely N-dealkylation sites (tertiary alicyclic amines) is 1. The van der Waals surface area contributed by atoms with Gasteiger partial charge < -0.3 is 10.6 Å². The Morgan fingerprint density at radius 1 is 1.53 bits per heavy atom. The Bertz CT molecular complexity index is 416. The summed E-state index contributed by atoms with van der Waals surface area (Å²) in [5.74, 6) is 0.721. The molecule has 2 rings (SSSR count). The van der Waals surface area contributed by atoms with Gasteiger partial charge in [-0.05, 0) is 37.0 Å². The third-order valence-electron chi connectivity index (χ3n) is 3.49. The summed E-state index contributed by atoms with van der Waals surface area (Å²) in [6, 6.07) is 7.63. The Kier molecular flexibility index (Phi) is 3.36. The molecule has 0 spiro atoms. The normalized spacial score (nSPS) is 24.0. The molecule has 1 aliphatic heterocycles. The molecule has 1 aliphatic rings. The second-order valence-electron chi connectivity index (χ2n) is 4.99. The van der Waals surface area contributed by atoms with E-state index in [4.69, 9.17) is 5.73 Å². The molecular weight excluding hydrogens is 212 g/mol. The van der Waals surface area contributed by atoms with E-state index in [0.29, 0.717) is 23.2 Å². The van der Waals surface area contributed by atoms with Crippen LogP contribution in [0.1, 0.15) is 37.0 Å². The highest BCUT2D eigenvalue weighted by Gasteiger charge is 2.32. The summed E-state index contributed by atoms with van der Waals surface area (Å²) in [5.41, 5.74) is 7.07. The summed E-state index contributed by atoms with van der Waals surface area (Å²) in [6.45, 7) is 5.21. The summed E-state index contributed by atoms with van der Waals surface area (Å²) in [6.07, 6.45) is 2.14. The monoisotopic (exact) mass is 232 g/mol. The summed E-state index contributed by atoms with van der Waals surface area (Å²) in [4.78, 5) is 14.4. The number of nitrogens with zero attached hydrogens (tertiary/aromatic N) is 1. The minimum absolute atomic E-state index is 0.119. The molecular formula is C14H20N2O. The molecule has 0 bridgehead atoms. The SMILES string of the molecule is CCC1CC(C)CN1C(=O)c1cccc(N)c1. The average Bonchev–Trinajstić information content (AvgIpc) is 2.69. The van der Waals surface area contributed by atoms with Crippen molar-refractivity contribution in [2.75, 3.05) is 12.3 Å². The molecule has 3 nitrogen and oxygen atoms in total. The molecule has 0 aromatic heterocycles. The van der Waals surface area contributed by atoms with E-state index in [9.17, 15) is 4.79 Å². The van der Waals surface area contributed by atoms with Crippen molar-refractivity contribution in [2.24, 2.45) is 5.92 Å². The predicted octanol–water partition coefficient (Wildman–Crippen LogP) is 2.53. The van der Waals surface area contributed by atoms with E-state index in [-0.39, 0.29) is 5.91 Å². The molecule has 1 fully saturated rings. The maximum absolute atomic E-state index is 12.4. The second-order valence-corrected chi connectivity index (χ2v) is 4.99. The Balaban J connectivity index is 2.20. The first kappa shape index (κ1) is 12.0.